The third-order valence-corrected chi connectivity index (χ3v) is 6.42. The third-order valence-electron chi connectivity index (χ3n) is 6.42. The highest BCUT2D eigenvalue weighted by Gasteiger charge is 2.61. The molecule has 34 heavy (non-hydrogen) atoms. The van der Waals surface area contributed by atoms with E-state index in [4.69, 9.17) is 5.73 Å². The maximum atomic E-state index is 13.6. The Morgan fingerprint density at radius 3 is 2.44 bits per heavy atom. The fourth-order valence-corrected chi connectivity index (χ4v) is 4.80. The first-order valence-electron chi connectivity index (χ1n) is 10.6. The molecule has 3 aliphatic rings. The number of aromatic nitrogens is 1. The summed E-state index contributed by atoms with van der Waals surface area (Å²) in [4.78, 5) is 50.4. The summed E-state index contributed by atoms with van der Waals surface area (Å²) in [6.07, 6.45) is -1.14. The van der Waals surface area contributed by atoms with Crippen LogP contribution in [0.5, 0.6) is 0 Å². The Bertz CT molecular complexity index is 1180. The van der Waals surface area contributed by atoms with E-state index in [1.807, 2.05) is 0 Å². The van der Waals surface area contributed by atoms with Gasteiger partial charge in [-0.1, -0.05) is 0 Å². The minimum atomic E-state index is -3.19. The number of primary amides is 1. The molecule has 2 heterocycles. The number of amides is 3. The molecular formula is C22H22F4N4O4. The van der Waals surface area contributed by atoms with Crippen molar-refractivity contribution in [3.05, 3.63) is 46.2 Å². The molecule has 1 aromatic rings. The smallest absolute Gasteiger partial charge is 0.293 e. The molecule has 1 unspecified atom stereocenters. The minimum Gasteiger partial charge on any atom is -0.368 e. The summed E-state index contributed by atoms with van der Waals surface area (Å²) in [5, 5.41) is 4.58. The minimum absolute atomic E-state index is 0.0576. The molecule has 3 amide bonds. The summed E-state index contributed by atoms with van der Waals surface area (Å²) in [6.45, 7) is 1.83. The normalized spacial score (nSPS) is 22.1. The first-order chi connectivity index (χ1) is 15.8. The van der Waals surface area contributed by atoms with E-state index in [1.165, 1.54) is 13.0 Å². The number of carbonyl (C=O) groups excluding carboxylic acids is 4. The zero-order chi connectivity index (χ0) is 25.0. The van der Waals surface area contributed by atoms with Crippen LogP contribution in [0.15, 0.2) is 23.7 Å². The molecule has 4 rings (SSSR count). The van der Waals surface area contributed by atoms with Gasteiger partial charge in [0.05, 0.1) is 5.56 Å². The maximum absolute atomic E-state index is 13.6. The van der Waals surface area contributed by atoms with Crippen molar-refractivity contribution in [1.82, 2.24) is 15.2 Å². The number of ketones is 1. The van der Waals surface area contributed by atoms with Gasteiger partial charge in [0.1, 0.15) is 17.1 Å². The van der Waals surface area contributed by atoms with Crippen molar-refractivity contribution in [2.45, 2.75) is 63.2 Å². The number of nitrogens with zero attached hydrogens (tertiary/aromatic N) is 1. The van der Waals surface area contributed by atoms with E-state index in [1.54, 1.807) is 4.57 Å². The number of hydrogen-bond acceptors (Lipinski definition) is 4. The third kappa shape index (κ3) is 3.90. The molecule has 1 fully saturated rings. The van der Waals surface area contributed by atoms with E-state index in [0.29, 0.717) is 25.1 Å². The second-order valence-electron chi connectivity index (χ2n) is 8.86. The predicted molar refractivity (Wildman–Crippen MR) is 110 cm³/mol. The first kappa shape index (κ1) is 23.7. The number of hydrogen-bond donors (Lipinski definition) is 3. The van der Waals surface area contributed by atoms with Gasteiger partial charge in [0.15, 0.2) is 6.17 Å². The van der Waals surface area contributed by atoms with E-state index >= 15 is 0 Å². The monoisotopic (exact) mass is 482 g/mol. The lowest BCUT2D eigenvalue weighted by molar-refractivity contribution is -0.162. The van der Waals surface area contributed by atoms with E-state index < -0.39 is 59.8 Å². The fraction of sp³-hybridized carbons (Fsp3) is 0.455. The molecule has 1 atom stereocenters. The van der Waals surface area contributed by atoms with Gasteiger partial charge in [-0.05, 0) is 37.5 Å². The molecule has 0 saturated heterocycles. The fourth-order valence-electron chi connectivity index (χ4n) is 4.80. The van der Waals surface area contributed by atoms with Gasteiger partial charge in [-0.15, -0.1) is 0 Å². The molecule has 0 aromatic carbocycles. The summed E-state index contributed by atoms with van der Waals surface area (Å²) < 4.78 is 55.2. The molecule has 0 radical (unpaired) electrons. The number of nitrogens with one attached hydrogen (secondary N) is 2. The molecule has 2 aliphatic carbocycles. The van der Waals surface area contributed by atoms with E-state index in [2.05, 4.69) is 10.6 Å². The molecule has 0 spiro atoms. The van der Waals surface area contributed by atoms with Crippen LogP contribution in [0.4, 0.5) is 17.6 Å². The van der Waals surface area contributed by atoms with Crippen molar-refractivity contribution in [3.63, 3.8) is 0 Å². The number of carbonyl (C=O) groups is 4. The van der Waals surface area contributed by atoms with Crippen LogP contribution in [0.25, 0.3) is 0 Å². The molecule has 1 aromatic heterocycles. The van der Waals surface area contributed by atoms with Crippen molar-refractivity contribution in [1.29, 1.82) is 0 Å². The number of alkyl halides is 3. The van der Waals surface area contributed by atoms with Gasteiger partial charge in [-0.3, -0.25) is 19.2 Å². The summed E-state index contributed by atoms with van der Waals surface area (Å²) >= 11 is 0. The van der Waals surface area contributed by atoms with E-state index in [0.717, 1.165) is 6.08 Å². The van der Waals surface area contributed by atoms with Crippen LogP contribution in [-0.4, -0.2) is 45.7 Å². The standard InChI is InChI=1S/C22H22F4N4O4/c1-10-15(17(31)19(33)29-21(20(27)34)8-22(25,26)9-21)14-3-2-6-30(14)16(10)18(32)28-11-4-5-12(23)13(24)7-11/h4-5,13H,2-3,6-9H2,1H3,(H2,27,34)(H,28,32)(H,29,33). The second kappa shape index (κ2) is 8.10. The molecular weight excluding hydrogens is 460 g/mol. The molecule has 1 aliphatic heterocycles. The lowest BCUT2D eigenvalue weighted by Crippen LogP contribution is -2.69. The number of rotatable bonds is 6. The number of allylic oxidation sites excluding steroid dienone is 4. The molecule has 182 valence electrons. The lowest BCUT2D eigenvalue weighted by Gasteiger charge is -2.44. The summed E-state index contributed by atoms with van der Waals surface area (Å²) in [5.74, 6) is -8.33. The van der Waals surface area contributed by atoms with E-state index in [9.17, 15) is 36.7 Å². The molecule has 12 heteroatoms. The predicted octanol–water partition coefficient (Wildman–Crippen LogP) is 1.90. The number of nitrogens with two attached hydrogens (primary N) is 1. The summed E-state index contributed by atoms with van der Waals surface area (Å²) in [7, 11) is 0. The zero-order valence-electron chi connectivity index (χ0n) is 18.1. The highest BCUT2D eigenvalue weighted by atomic mass is 19.3. The van der Waals surface area contributed by atoms with Crippen LogP contribution < -0.4 is 16.4 Å². The highest BCUT2D eigenvalue weighted by Crippen LogP contribution is 2.45. The number of halogens is 4. The molecule has 1 saturated carbocycles. The van der Waals surface area contributed by atoms with Crippen LogP contribution >= 0.6 is 0 Å². The van der Waals surface area contributed by atoms with Crippen molar-refractivity contribution in [2.75, 3.05) is 0 Å². The van der Waals surface area contributed by atoms with Gasteiger partial charge in [0.25, 0.3) is 23.5 Å². The average molecular weight is 482 g/mol. The maximum Gasteiger partial charge on any atom is 0.293 e. The lowest BCUT2D eigenvalue weighted by atomic mass is 9.72. The summed E-state index contributed by atoms with van der Waals surface area (Å²) in [6, 6.07) is 0. The van der Waals surface area contributed by atoms with Crippen molar-refractivity contribution < 1.29 is 36.7 Å². The zero-order valence-corrected chi connectivity index (χ0v) is 18.1. The Morgan fingerprint density at radius 2 is 1.85 bits per heavy atom. The van der Waals surface area contributed by atoms with Crippen LogP contribution in [0.3, 0.4) is 0 Å². The Morgan fingerprint density at radius 1 is 1.18 bits per heavy atom. The molecule has 8 nitrogen and oxygen atoms in total. The van der Waals surface area contributed by atoms with E-state index in [-0.39, 0.29) is 28.9 Å². The van der Waals surface area contributed by atoms with Gasteiger partial charge in [0.2, 0.25) is 5.91 Å². The number of fused-ring (bicyclic) bond motifs is 1. The second-order valence-corrected chi connectivity index (χ2v) is 8.86. The summed E-state index contributed by atoms with van der Waals surface area (Å²) in [5.41, 5.74) is 3.94. The topological polar surface area (TPSA) is 123 Å². The van der Waals surface area contributed by atoms with Gasteiger partial charge >= 0.3 is 0 Å². The average Bonchev–Trinajstić information content (AvgIpc) is 3.27. The van der Waals surface area contributed by atoms with Crippen LogP contribution in [-0.2, 0) is 22.6 Å². The number of Topliss-reactive ketones (excluding diaryl/α,β-unsaturated/α-hetero) is 1. The Balaban J connectivity index is 1.60. The van der Waals surface area contributed by atoms with Gasteiger partial charge in [-0.2, -0.15) is 0 Å². The van der Waals surface area contributed by atoms with Crippen molar-refractivity contribution >= 4 is 23.5 Å². The Labute approximate surface area is 191 Å². The van der Waals surface area contributed by atoms with Crippen LogP contribution in [0.1, 0.15) is 57.8 Å². The quantitative estimate of drug-likeness (QED) is 0.326. The van der Waals surface area contributed by atoms with Crippen molar-refractivity contribution in [3.8, 4) is 0 Å². The van der Waals surface area contributed by atoms with Gasteiger partial charge in [-0.25, -0.2) is 17.6 Å². The van der Waals surface area contributed by atoms with Gasteiger partial charge < -0.3 is 20.9 Å². The SMILES string of the molecule is Cc1c(C(=O)C(=O)NC2(C(N)=O)CC(F)(F)C2)c2n(c1C(=O)NC1=CC=C(F)C(F)C1)CCC2. The van der Waals surface area contributed by atoms with Crippen molar-refractivity contribution in [2.24, 2.45) is 5.73 Å². The van der Waals surface area contributed by atoms with Gasteiger partial charge in [0, 0.05) is 37.2 Å². The van der Waals surface area contributed by atoms with Crippen LogP contribution in [0, 0.1) is 6.92 Å². The Kier molecular flexibility index (Phi) is 5.65. The largest absolute Gasteiger partial charge is 0.368 e. The Hall–Kier alpha value is -3.44. The van der Waals surface area contributed by atoms with Crippen LogP contribution in [0.2, 0.25) is 0 Å². The molecule has 0 bridgehead atoms. The highest BCUT2D eigenvalue weighted by molar-refractivity contribution is 6.44. The first-order valence-corrected chi connectivity index (χ1v) is 10.6. The molecule has 4 N–H and O–H groups in total.